The standard InChI is InChI=1S/C14H18O2/c1-14(13(15)16)9-5-8-12(10-14)11-6-3-2-4-7-11/h2-4,6-7,12H,5,8-10H2,1H3,(H,15,16)/t12-,14+/m0/s1. The molecule has 2 nitrogen and oxygen atoms in total. The van der Waals surface area contributed by atoms with Crippen LogP contribution in [0.2, 0.25) is 0 Å². The van der Waals surface area contributed by atoms with E-state index in [1.807, 2.05) is 25.1 Å². The molecule has 0 saturated heterocycles. The monoisotopic (exact) mass is 218 g/mol. The molecule has 0 radical (unpaired) electrons. The Balaban J connectivity index is 2.17. The third-order valence-electron chi connectivity index (χ3n) is 3.77. The molecule has 0 amide bonds. The lowest BCUT2D eigenvalue weighted by Crippen LogP contribution is -2.32. The van der Waals surface area contributed by atoms with Gasteiger partial charge in [-0.1, -0.05) is 36.8 Å². The molecule has 1 N–H and O–H groups in total. The van der Waals surface area contributed by atoms with E-state index in [1.54, 1.807) is 0 Å². The fraction of sp³-hybridized carbons (Fsp3) is 0.500. The Kier molecular flexibility index (Phi) is 2.99. The van der Waals surface area contributed by atoms with Crippen LogP contribution in [0.1, 0.15) is 44.1 Å². The van der Waals surface area contributed by atoms with Crippen molar-refractivity contribution in [2.45, 2.75) is 38.5 Å². The number of benzene rings is 1. The van der Waals surface area contributed by atoms with Crippen LogP contribution in [0.5, 0.6) is 0 Å². The lowest BCUT2D eigenvalue weighted by atomic mass is 9.69. The predicted octanol–water partition coefficient (Wildman–Crippen LogP) is 3.44. The van der Waals surface area contributed by atoms with E-state index in [1.165, 1.54) is 5.56 Å². The lowest BCUT2D eigenvalue weighted by Gasteiger charge is -2.35. The Hall–Kier alpha value is -1.31. The van der Waals surface area contributed by atoms with Gasteiger partial charge >= 0.3 is 5.97 Å². The molecule has 2 heteroatoms. The van der Waals surface area contributed by atoms with E-state index < -0.39 is 11.4 Å². The van der Waals surface area contributed by atoms with E-state index in [0.717, 1.165) is 25.7 Å². The van der Waals surface area contributed by atoms with E-state index in [0.29, 0.717) is 5.92 Å². The summed E-state index contributed by atoms with van der Waals surface area (Å²) < 4.78 is 0. The van der Waals surface area contributed by atoms with Crippen LogP contribution in [0, 0.1) is 5.41 Å². The molecule has 1 aliphatic rings. The summed E-state index contributed by atoms with van der Waals surface area (Å²) in [4.78, 5) is 11.3. The second-order valence-corrected chi connectivity index (χ2v) is 5.07. The van der Waals surface area contributed by atoms with Crippen molar-refractivity contribution < 1.29 is 9.90 Å². The number of carbonyl (C=O) groups is 1. The zero-order valence-electron chi connectivity index (χ0n) is 9.65. The summed E-state index contributed by atoms with van der Waals surface area (Å²) in [6, 6.07) is 10.3. The number of hydrogen-bond donors (Lipinski definition) is 1. The first-order valence-corrected chi connectivity index (χ1v) is 5.90. The van der Waals surface area contributed by atoms with Crippen LogP contribution >= 0.6 is 0 Å². The predicted molar refractivity (Wildman–Crippen MR) is 63.4 cm³/mol. The minimum atomic E-state index is -0.645. The maximum Gasteiger partial charge on any atom is 0.309 e. The third-order valence-corrected chi connectivity index (χ3v) is 3.77. The maximum atomic E-state index is 11.3. The highest BCUT2D eigenvalue weighted by Gasteiger charge is 2.38. The Labute approximate surface area is 96.3 Å². The molecule has 0 aliphatic heterocycles. The topological polar surface area (TPSA) is 37.3 Å². The highest BCUT2D eigenvalue weighted by atomic mass is 16.4. The number of rotatable bonds is 2. The van der Waals surface area contributed by atoms with Gasteiger partial charge < -0.3 is 5.11 Å². The van der Waals surface area contributed by atoms with Crippen LogP contribution < -0.4 is 0 Å². The van der Waals surface area contributed by atoms with Gasteiger partial charge in [0.05, 0.1) is 5.41 Å². The number of aliphatic carboxylic acids is 1. The van der Waals surface area contributed by atoms with Crippen LogP contribution in [-0.4, -0.2) is 11.1 Å². The molecule has 0 bridgehead atoms. The molecule has 0 spiro atoms. The minimum Gasteiger partial charge on any atom is -0.481 e. The quantitative estimate of drug-likeness (QED) is 0.825. The summed E-state index contributed by atoms with van der Waals surface area (Å²) in [5.41, 5.74) is 0.758. The van der Waals surface area contributed by atoms with E-state index in [-0.39, 0.29) is 0 Å². The molecule has 0 aromatic heterocycles. The summed E-state index contributed by atoms with van der Waals surface area (Å²) in [5, 5.41) is 9.26. The van der Waals surface area contributed by atoms with Crippen LogP contribution in [-0.2, 0) is 4.79 Å². The second kappa shape index (κ2) is 4.28. The number of hydrogen-bond acceptors (Lipinski definition) is 1. The molecular weight excluding hydrogens is 200 g/mol. The highest BCUT2D eigenvalue weighted by Crippen LogP contribution is 2.43. The smallest absolute Gasteiger partial charge is 0.309 e. The molecule has 0 heterocycles. The summed E-state index contributed by atoms with van der Waals surface area (Å²) in [5.74, 6) is -0.232. The van der Waals surface area contributed by atoms with Crippen molar-refractivity contribution in [2.24, 2.45) is 5.41 Å². The molecule has 2 rings (SSSR count). The zero-order chi connectivity index (χ0) is 11.6. The molecule has 2 atom stereocenters. The minimum absolute atomic E-state index is 0.413. The molecule has 0 unspecified atom stereocenters. The van der Waals surface area contributed by atoms with Gasteiger partial charge in [0.15, 0.2) is 0 Å². The van der Waals surface area contributed by atoms with Crippen LogP contribution in [0.4, 0.5) is 0 Å². The Morgan fingerprint density at radius 2 is 2.06 bits per heavy atom. The average molecular weight is 218 g/mol. The zero-order valence-corrected chi connectivity index (χ0v) is 9.65. The van der Waals surface area contributed by atoms with Gasteiger partial charge in [0.1, 0.15) is 0 Å². The fourth-order valence-corrected chi connectivity index (χ4v) is 2.69. The van der Waals surface area contributed by atoms with Crippen LogP contribution in [0.25, 0.3) is 0 Å². The second-order valence-electron chi connectivity index (χ2n) is 5.07. The average Bonchev–Trinajstić information content (AvgIpc) is 2.30. The first-order chi connectivity index (χ1) is 7.62. The van der Waals surface area contributed by atoms with Crippen molar-refractivity contribution in [3.8, 4) is 0 Å². The lowest BCUT2D eigenvalue weighted by molar-refractivity contribution is -0.150. The number of carboxylic acids is 1. The Morgan fingerprint density at radius 1 is 1.38 bits per heavy atom. The van der Waals surface area contributed by atoms with E-state index >= 15 is 0 Å². The van der Waals surface area contributed by atoms with E-state index in [9.17, 15) is 9.90 Å². The van der Waals surface area contributed by atoms with Gasteiger partial charge in [0.2, 0.25) is 0 Å². The van der Waals surface area contributed by atoms with E-state index in [4.69, 9.17) is 0 Å². The summed E-state index contributed by atoms with van der Waals surface area (Å²) in [7, 11) is 0. The Morgan fingerprint density at radius 3 is 2.69 bits per heavy atom. The van der Waals surface area contributed by atoms with Crippen LogP contribution in [0.3, 0.4) is 0 Å². The van der Waals surface area contributed by atoms with E-state index in [2.05, 4.69) is 12.1 Å². The van der Waals surface area contributed by atoms with Crippen molar-refractivity contribution in [2.75, 3.05) is 0 Å². The SMILES string of the molecule is C[C@@]1(C(=O)O)CCC[C@H](c2ccccc2)C1. The molecule has 1 aromatic carbocycles. The molecular formula is C14H18O2. The number of carboxylic acid groups (broad SMARTS) is 1. The van der Waals surface area contributed by atoms with Crippen molar-refractivity contribution in [3.63, 3.8) is 0 Å². The van der Waals surface area contributed by atoms with Crippen molar-refractivity contribution >= 4 is 5.97 Å². The van der Waals surface area contributed by atoms with Crippen molar-refractivity contribution in [1.29, 1.82) is 0 Å². The molecule has 1 fully saturated rings. The molecule has 16 heavy (non-hydrogen) atoms. The fourth-order valence-electron chi connectivity index (χ4n) is 2.69. The summed E-state index contributed by atoms with van der Waals surface area (Å²) in [6.07, 6.45) is 3.72. The highest BCUT2D eigenvalue weighted by molar-refractivity contribution is 5.74. The van der Waals surface area contributed by atoms with Crippen molar-refractivity contribution in [3.05, 3.63) is 35.9 Å². The summed E-state index contributed by atoms with van der Waals surface area (Å²) in [6.45, 7) is 1.88. The largest absolute Gasteiger partial charge is 0.481 e. The normalized spacial score (nSPS) is 29.9. The molecule has 86 valence electrons. The summed E-state index contributed by atoms with van der Waals surface area (Å²) >= 11 is 0. The van der Waals surface area contributed by atoms with Gasteiger partial charge in [0.25, 0.3) is 0 Å². The van der Waals surface area contributed by atoms with Gasteiger partial charge in [-0.25, -0.2) is 0 Å². The van der Waals surface area contributed by atoms with Gasteiger partial charge in [-0.05, 0) is 37.7 Å². The first-order valence-electron chi connectivity index (χ1n) is 5.90. The Bertz CT molecular complexity index is 372. The molecule has 1 saturated carbocycles. The third kappa shape index (κ3) is 2.11. The van der Waals surface area contributed by atoms with Crippen molar-refractivity contribution in [1.82, 2.24) is 0 Å². The molecule has 1 aliphatic carbocycles. The first kappa shape index (κ1) is 11.2. The van der Waals surface area contributed by atoms with Crippen LogP contribution in [0.15, 0.2) is 30.3 Å². The molecule has 1 aromatic rings. The van der Waals surface area contributed by atoms with Gasteiger partial charge in [-0.3, -0.25) is 4.79 Å². The van der Waals surface area contributed by atoms with Gasteiger partial charge in [-0.15, -0.1) is 0 Å². The van der Waals surface area contributed by atoms with Gasteiger partial charge in [-0.2, -0.15) is 0 Å². The maximum absolute atomic E-state index is 11.3. The van der Waals surface area contributed by atoms with Gasteiger partial charge in [0, 0.05) is 0 Å².